The molecule has 1 heterocycles. The maximum atomic E-state index is 9.12. The maximum Gasteiger partial charge on any atom is 0.166 e. The second-order valence-corrected chi connectivity index (χ2v) is 3.11. The van der Waals surface area contributed by atoms with Crippen LogP contribution in [0.2, 0.25) is 0 Å². The van der Waals surface area contributed by atoms with Crippen LogP contribution in [0.5, 0.6) is 0 Å². The van der Waals surface area contributed by atoms with Gasteiger partial charge < -0.3 is 0 Å². The molecule has 0 aliphatic heterocycles. The summed E-state index contributed by atoms with van der Waals surface area (Å²) in [6.45, 7) is 0. The van der Waals surface area contributed by atoms with Gasteiger partial charge in [-0.3, -0.25) is 0 Å². The number of hydrogen-bond acceptors (Lipinski definition) is 4. The summed E-state index contributed by atoms with van der Waals surface area (Å²) in [5.41, 5.74) is 1.11. The summed E-state index contributed by atoms with van der Waals surface area (Å²) in [6.07, 6.45) is 2.82. The number of nitrogens with zero attached hydrogens (tertiary/aromatic N) is 5. The summed E-state index contributed by atoms with van der Waals surface area (Å²) in [4.78, 5) is 3.79. The molecule has 1 aromatic heterocycles. The van der Waals surface area contributed by atoms with Crippen LogP contribution in [0, 0.1) is 22.7 Å². The van der Waals surface area contributed by atoms with Crippen LogP contribution in [0.1, 0.15) is 17.2 Å². The van der Waals surface area contributed by atoms with Gasteiger partial charge in [-0.1, -0.05) is 18.2 Å². The Labute approximate surface area is 92.2 Å². The number of benzene rings is 1. The quantitative estimate of drug-likeness (QED) is 0.745. The second kappa shape index (κ2) is 4.24. The van der Waals surface area contributed by atoms with E-state index in [2.05, 4.69) is 22.2 Å². The third-order valence-corrected chi connectivity index (χ3v) is 2.20. The normalized spacial score (nSPS) is 11.4. The fourth-order valence-electron chi connectivity index (χ4n) is 1.46. The van der Waals surface area contributed by atoms with Crippen LogP contribution in [0.4, 0.5) is 0 Å². The zero-order valence-corrected chi connectivity index (χ0v) is 8.28. The molecule has 1 atom stereocenters. The van der Waals surface area contributed by atoms with Gasteiger partial charge in [-0.25, -0.2) is 9.67 Å². The Morgan fingerprint density at radius 1 is 1.25 bits per heavy atom. The molecule has 0 fully saturated rings. The lowest BCUT2D eigenvalue weighted by Gasteiger charge is -2.10. The molecule has 0 N–H and O–H groups in total. The fraction of sp³-hybridized carbons (Fsp3) is 0.0909. The van der Waals surface area contributed by atoms with Crippen molar-refractivity contribution in [2.75, 3.05) is 0 Å². The minimum absolute atomic E-state index is 0.476. The molecule has 0 saturated carbocycles. The summed E-state index contributed by atoms with van der Waals surface area (Å²) in [5.74, 6) is 0. The van der Waals surface area contributed by atoms with E-state index in [1.807, 2.05) is 0 Å². The van der Waals surface area contributed by atoms with E-state index in [1.54, 1.807) is 24.3 Å². The van der Waals surface area contributed by atoms with Crippen molar-refractivity contribution in [1.29, 1.82) is 10.5 Å². The third-order valence-electron chi connectivity index (χ3n) is 2.20. The van der Waals surface area contributed by atoms with Gasteiger partial charge in [0.15, 0.2) is 6.04 Å². The molecule has 5 nitrogen and oxygen atoms in total. The van der Waals surface area contributed by atoms with Crippen molar-refractivity contribution in [3.63, 3.8) is 0 Å². The van der Waals surface area contributed by atoms with E-state index in [1.165, 1.54) is 17.3 Å². The van der Waals surface area contributed by atoms with Crippen LogP contribution in [0.25, 0.3) is 0 Å². The number of rotatable bonds is 2. The molecule has 0 amide bonds. The minimum atomic E-state index is -0.613. The first kappa shape index (κ1) is 9.88. The fourth-order valence-corrected chi connectivity index (χ4v) is 1.46. The van der Waals surface area contributed by atoms with Gasteiger partial charge >= 0.3 is 0 Å². The van der Waals surface area contributed by atoms with E-state index in [0.29, 0.717) is 11.1 Å². The first-order chi connectivity index (χ1) is 7.86. The van der Waals surface area contributed by atoms with Crippen molar-refractivity contribution in [1.82, 2.24) is 14.8 Å². The van der Waals surface area contributed by atoms with Crippen LogP contribution >= 0.6 is 0 Å². The van der Waals surface area contributed by atoms with Crippen LogP contribution in [0.3, 0.4) is 0 Å². The first-order valence-electron chi connectivity index (χ1n) is 4.59. The Morgan fingerprint density at radius 2 is 2.06 bits per heavy atom. The van der Waals surface area contributed by atoms with E-state index in [4.69, 9.17) is 10.5 Å². The second-order valence-electron chi connectivity index (χ2n) is 3.11. The molecule has 0 saturated heterocycles. The molecule has 2 rings (SSSR count). The average Bonchev–Trinajstić information content (AvgIpc) is 2.84. The molecule has 1 aromatic carbocycles. The third kappa shape index (κ3) is 1.62. The summed E-state index contributed by atoms with van der Waals surface area (Å²) in [6, 6.07) is 10.5. The smallest absolute Gasteiger partial charge is 0.166 e. The molecule has 0 radical (unpaired) electrons. The minimum Gasteiger partial charge on any atom is -0.231 e. The van der Waals surface area contributed by atoms with Gasteiger partial charge in [0.05, 0.1) is 17.7 Å². The molecule has 2 aromatic rings. The first-order valence-corrected chi connectivity index (χ1v) is 4.59. The Balaban J connectivity index is 2.51. The zero-order chi connectivity index (χ0) is 11.4. The van der Waals surface area contributed by atoms with E-state index < -0.39 is 6.04 Å². The highest BCUT2D eigenvalue weighted by molar-refractivity contribution is 5.41. The predicted octanol–water partition coefficient (Wildman–Crippen LogP) is 1.26. The Bertz CT molecular complexity index is 559. The lowest BCUT2D eigenvalue weighted by atomic mass is 10.0. The maximum absolute atomic E-state index is 9.12. The highest BCUT2D eigenvalue weighted by Gasteiger charge is 2.16. The molecule has 0 bridgehead atoms. The number of aromatic nitrogens is 3. The van der Waals surface area contributed by atoms with Crippen LogP contribution in [-0.4, -0.2) is 14.8 Å². The lowest BCUT2D eigenvalue weighted by Crippen LogP contribution is -2.10. The molecule has 0 unspecified atom stereocenters. The molecule has 0 aliphatic carbocycles. The summed E-state index contributed by atoms with van der Waals surface area (Å²) in [7, 11) is 0. The Hall–Kier alpha value is -2.66. The van der Waals surface area contributed by atoms with Gasteiger partial charge in [0, 0.05) is 5.56 Å². The molecule has 76 valence electrons. The van der Waals surface area contributed by atoms with Gasteiger partial charge in [0.1, 0.15) is 12.7 Å². The monoisotopic (exact) mass is 209 g/mol. The van der Waals surface area contributed by atoms with Gasteiger partial charge in [-0.2, -0.15) is 15.6 Å². The molecular formula is C11H7N5. The Kier molecular flexibility index (Phi) is 2.62. The van der Waals surface area contributed by atoms with Gasteiger partial charge in [0.25, 0.3) is 0 Å². The number of hydrogen-bond donors (Lipinski definition) is 0. The van der Waals surface area contributed by atoms with Gasteiger partial charge in [-0.15, -0.1) is 0 Å². The SMILES string of the molecule is N#Cc1ccccc1[C@H](C#N)n1cncn1. The van der Waals surface area contributed by atoms with Crippen LogP contribution in [-0.2, 0) is 0 Å². The zero-order valence-electron chi connectivity index (χ0n) is 8.28. The van der Waals surface area contributed by atoms with Crippen molar-refractivity contribution in [2.24, 2.45) is 0 Å². The molecule has 16 heavy (non-hydrogen) atoms. The van der Waals surface area contributed by atoms with E-state index in [9.17, 15) is 0 Å². The van der Waals surface area contributed by atoms with Crippen LogP contribution in [0.15, 0.2) is 36.9 Å². The van der Waals surface area contributed by atoms with E-state index in [-0.39, 0.29) is 0 Å². The summed E-state index contributed by atoms with van der Waals surface area (Å²) >= 11 is 0. The van der Waals surface area contributed by atoms with Crippen molar-refractivity contribution in [3.05, 3.63) is 48.0 Å². The Morgan fingerprint density at radius 3 is 2.69 bits per heavy atom. The highest BCUT2D eigenvalue weighted by Crippen LogP contribution is 2.19. The van der Waals surface area contributed by atoms with Crippen molar-refractivity contribution < 1.29 is 0 Å². The van der Waals surface area contributed by atoms with Crippen molar-refractivity contribution >= 4 is 0 Å². The van der Waals surface area contributed by atoms with E-state index in [0.717, 1.165) is 0 Å². The molecule has 0 aliphatic rings. The van der Waals surface area contributed by atoms with E-state index >= 15 is 0 Å². The largest absolute Gasteiger partial charge is 0.231 e. The lowest BCUT2D eigenvalue weighted by molar-refractivity contribution is 0.618. The van der Waals surface area contributed by atoms with Crippen molar-refractivity contribution in [2.45, 2.75) is 6.04 Å². The van der Waals surface area contributed by atoms with Crippen LogP contribution < -0.4 is 0 Å². The average molecular weight is 209 g/mol. The molecule has 0 spiro atoms. The standard InChI is InChI=1S/C11H7N5/c12-5-9-3-1-2-4-10(9)11(6-13)16-8-14-7-15-16/h1-4,7-8,11H/t11-/m0/s1. The van der Waals surface area contributed by atoms with Crippen molar-refractivity contribution in [3.8, 4) is 12.1 Å². The number of nitriles is 2. The van der Waals surface area contributed by atoms with Gasteiger partial charge in [0.2, 0.25) is 0 Å². The van der Waals surface area contributed by atoms with Gasteiger partial charge in [-0.05, 0) is 6.07 Å². The summed E-state index contributed by atoms with van der Waals surface area (Å²) < 4.78 is 1.43. The topological polar surface area (TPSA) is 78.3 Å². The molecular weight excluding hydrogens is 202 g/mol. The predicted molar refractivity (Wildman–Crippen MR) is 54.9 cm³/mol. The molecule has 5 heteroatoms. The highest BCUT2D eigenvalue weighted by atomic mass is 15.3. The summed E-state index contributed by atoms with van der Waals surface area (Å²) in [5, 5.41) is 22.0.